The molecule has 0 radical (unpaired) electrons. The van der Waals surface area contributed by atoms with E-state index in [-0.39, 0.29) is 10.6 Å². The van der Waals surface area contributed by atoms with Crippen molar-refractivity contribution in [3.8, 4) is 0 Å². The molecular formula is C11H16ClN3O. The molecule has 0 fully saturated rings. The lowest BCUT2D eigenvalue weighted by Gasteiger charge is -2.10. The monoisotopic (exact) mass is 241 g/mol. The van der Waals surface area contributed by atoms with Gasteiger partial charge in [-0.15, -0.1) is 6.58 Å². The first-order valence-electron chi connectivity index (χ1n) is 5.16. The topological polar surface area (TPSA) is 46.9 Å². The lowest BCUT2D eigenvalue weighted by atomic mass is 10.2. The molecule has 0 unspecified atom stereocenters. The first kappa shape index (κ1) is 12.8. The van der Waals surface area contributed by atoms with Gasteiger partial charge in [0.15, 0.2) is 0 Å². The fourth-order valence-electron chi connectivity index (χ4n) is 1.25. The first-order chi connectivity index (χ1) is 7.56. The fourth-order valence-corrected chi connectivity index (χ4v) is 1.46. The van der Waals surface area contributed by atoms with Crippen LogP contribution in [-0.2, 0) is 6.54 Å². The molecule has 1 aromatic heterocycles. The largest absolute Gasteiger partial charge is 0.379 e. The highest BCUT2D eigenvalue weighted by molar-refractivity contribution is 6.32. The van der Waals surface area contributed by atoms with E-state index in [2.05, 4.69) is 17.0 Å². The summed E-state index contributed by atoms with van der Waals surface area (Å²) in [6.07, 6.45) is 3.26. The van der Waals surface area contributed by atoms with Gasteiger partial charge >= 0.3 is 0 Å². The SMILES string of the molecule is C=CCNc1cnn(CC(C)C)c(=O)c1Cl. The summed E-state index contributed by atoms with van der Waals surface area (Å²) >= 11 is 5.95. The van der Waals surface area contributed by atoms with Gasteiger partial charge in [-0.1, -0.05) is 31.5 Å². The van der Waals surface area contributed by atoms with E-state index in [1.54, 1.807) is 12.3 Å². The van der Waals surface area contributed by atoms with Crippen LogP contribution >= 0.6 is 11.6 Å². The third-order valence-corrected chi connectivity index (χ3v) is 2.33. The molecule has 0 saturated heterocycles. The highest BCUT2D eigenvalue weighted by Gasteiger charge is 2.09. The molecule has 1 aromatic rings. The molecule has 1 rings (SSSR count). The van der Waals surface area contributed by atoms with Crippen LogP contribution in [0, 0.1) is 5.92 Å². The number of rotatable bonds is 5. The quantitative estimate of drug-likeness (QED) is 0.804. The summed E-state index contributed by atoms with van der Waals surface area (Å²) in [5, 5.41) is 7.19. The molecule has 0 atom stereocenters. The molecule has 0 saturated carbocycles. The van der Waals surface area contributed by atoms with Crippen LogP contribution in [0.1, 0.15) is 13.8 Å². The number of hydrogen-bond acceptors (Lipinski definition) is 3. The average molecular weight is 242 g/mol. The Labute approximate surface area is 99.9 Å². The molecule has 88 valence electrons. The van der Waals surface area contributed by atoms with Gasteiger partial charge in [0, 0.05) is 13.1 Å². The van der Waals surface area contributed by atoms with Gasteiger partial charge in [0.25, 0.3) is 5.56 Å². The first-order valence-corrected chi connectivity index (χ1v) is 5.54. The molecule has 16 heavy (non-hydrogen) atoms. The van der Waals surface area contributed by atoms with Crippen LogP contribution in [0.25, 0.3) is 0 Å². The summed E-state index contributed by atoms with van der Waals surface area (Å²) in [7, 11) is 0. The zero-order valence-electron chi connectivity index (χ0n) is 9.53. The minimum atomic E-state index is -0.260. The Morgan fingerprint density at radius 1 is 1.69 bits per heavy atom. The van der Waals surface area contributed by atoms with E-state index in [0.29, 0.717) is 24.7 Å². The van der Waals surface area contributed by atoms with Crippen molar-refractivity contribution >= 4 is 17.3 Å². The highest BCUT2D eigenvalue weighted by Crippen LogP contribution is 2.14. The molecule has 0 aliphatic carbocycles. The van der Waals surface area contributed by atoms with E-state index in [9.17, 15) is 4.79 Å². The van der Waals surface area contributed by atoms with Crippen LogP contribution in [0.5, 0.6) is 0 Å². The van der Waals surface area contributed by atoms with E-state index in [1.165, 1.54) is 4.68 Å². The predicted molar refractivity (Wildman–Crippen MR) is 67.0 cm³/mol. The van der Waals surface area contributed by atoms with Crippen LogP contribution in [0.4, 0.5) is 5.69 Å². The second-order valence-corrected chi connectivity index (χ2v) is 4.30. The molecule has 0 spiro atoms. The van der Waals surface area contributed by atoms with Crippen molar-refractivity contribution in [1.82, 2.24) is 9.78 Å². The predicted octanol–water partition coefficient (Wildman–Crippen LogP) is 2.15. The lowest BCUT2D eigenvalue weighted by Crippen LogP contribution is -2.26. The Bertz CT molecular complexity index is 426. The van der Waals surface area contributed by atoms with Crippen molar-refractivity contribution < 1.29 is 0 Å². The van der Waals surface area contributed by atoms with Gasteiger partial charge in [-0.25, -0.2) is 4.68 Å². The summed E-state index contributed by atoms with van der Waals surface area (Å²) in [5.41, 5.74) is 0.288. The van der Waals surface area contributed by atoms with Gasteiger partial charge in [-0.05, 0) is 5.92 Å². The molecule has 1 N–H and O–H groups in total. The minimum absolute atomic E-state index is 0.178. The van der Waals surface area contributed by atoms with Gasteiger partial charge in [-0.2, -0.15) is 5.10 Å². The summed E-state index contributed by atoms with van der Waals surface area (Å²) in [4.78, 5) is 11.8. The summed E-state index contributed by atoms with van der Waals surface area (Å²) in [6.45, 7) is 8.74. The molecule has 0 bridgehead atoms. The maximum absolute atomic E-state index is 11.8. The van der Waals surface area contributed by atoms with Crippen molar-refractivity contribution in [1.29, 1.82) is 0 Å². The summed E-state index contributed by atoms with van der Waals surface area (Å²) in [6, 6.07) is 0. The second-order valence-electron chi connectivity index (χ2n) is 3.92. The van der Waals surface area contributed by atoms with E-state index in [4.69, 9.17) is 11.6 Å². The maximum Gasteiger partial charge on any atom is 0.287 e. The Balaban J connectivity index is 2.98. The van der Waals surface area contributed by atoms with Crippen LogP contribution in [0.3, 0.4) is 0 Å². The van der Waals surface area contributed by atoms with Gasteiger partial charge in [0.1, 0.15) is 5.02 Å². The van der Waals surface area contributed by atoms with Crippen LogP contribution in [-0.4, -0.2) is 16.3 Å². The smallest absolute Gasteiger partial charge is 0.287 e. The van der Waals surface area contributed by atoms with Crippen LogP contribution in [0.2, 0.25) is 5.02 Å². The van der Waals surface area contributed by atoms with Crippen molar-refractivity contribution in [3.63, 3.8) is 0 Å². The molecule has 0 amide bonds. The molecule has 5 heteroatoms. The van der Waals surface area contributed by atoms with Crippen molar-refractivity contribution in [3.05, 3.63) is 34.2 Å². The normalized spacial score (nSPS) is 10.5. The molecule has 0 aliphatic heterocycles. The standard InChI is InChI=1S/C11H16ClN3O/c1-4-5-13-9-6-14-15(7-8(2)3)11(16)10(9)12/h4,6,8,13H,1,5,7H2,2-3H3. The van der Waals surface area contributed by atoms with Gasteiger partial charge in [0.05, 0.1) is 11.9 Å². The third kappa shape index (κ3) is 3.10. The van der Waals surface area contributed by atoms with E-state index >= 15 is 0 Å². The Hall–Kier alpha value is -1.29. The van der Waals surface area contributed by atoms with Crippen molar-refractivity contribution in [2.45, 2.75) is 20.4 Å². The fraction of sp³-hybridized carbons (Fsp3) is 0.455. The number of hydrogen-bond donors (Lipinski definition) is 1. The molecule has 0 aliphatic rings. The van der Waals surface area contributed by atoms with Gasteiger partial charge < -0.3 is 5.32 Å². The second kappa shape index (κ2) is 5.70. The summed E-state index contributed by atoms with van der Waals surface area (Å²) < 4.78 is 1.38. The Kier molecular flexibility index (Phi) is 4.55. The highest BCUT2D eigenvalue weighted by atomic mass is 35.5. The maximum atomic E-state index is 11.8. The number of aromatic nitrogens is 2. The summed E-state index contributed by atoms with van der Waals surface area (Å²) in [5.74, 6) is 0.355. The van der Waals surface area contributed by atoms with Gasteiger partial charge in [-0.3, -0.25) is 4.79 Å². The molecule has 4 nitrogen and oxygen atoms in total. The lowest BCUT2D eigenvalue weighted by molar-refractivity contribution is 0.464. The zero-order chi connectivity index (χ0) is 12.1. The minimum Gasteiger partial charge on any atom is -0.379 e. The number of anilines is 1. The van der Waals surface area contributed by atoms with E-state index in [1.807, 2.05) is 13.8 Å². The van der Waals surface area contributed by atoms with Crippen LogP contribution in [0.15, 0.2) is 23.6 Å². The van der Waals surface area contributed by atoms with Crippen LogP contribution < -0.4 is 10.9 Å². The molecule has 1 heterocycles. The number of nitrogens with zero attached hydrogens (tertiary/aromatic N) is 2. The van der Waals surface area contributed by atoms with Crippen molar-refractivity contribution in [2.24, 2.45) is 5.92 Å². The zero-order valence-corrected chi connectivity index (χ0v) is 10.3. The third-order valence-electron chi connectivity index (χ3n) is 1.96. The van der Waals surface area contributed by atoms with E-state index < -0.39 is 0 Å². The average Bonchev–Trinajstić information content (AvgIpc) is 2.23. The molecule has 0 aromatic carbocycles. The van der Waals surface area contributed by atoms with Crippen molar-refractivity contribution in [2.75, 3.05) is 11.9 Å². The Morgan fingerprint density at radius 3 is 2.94 bits per heavy atom. The van der Waals surface area contributed by atoms with E-state index in [0.717, 1.165) is 0 Å². The number of nitrogens with one attached hydrogen (secondary N) is 1. The molecular weight excluding hydrogens is 226 g/mol. The Morgan fingerprint density at radius 2 is 2.38 bits per heavy atom. The van der Waals surface area contributed by atoms with Gasteiger partial charge in [0.2, 0.25) is 0 Å². The number of halogens is 1.